The molecule has 1 rings (SSSR count). The number of hydrogen-bond donors (Lipinski definition) is 1. The maximum absolute atomic E-state index is 4.19. The lowest BCUT2D eigenvalue weighted by Gasteiger charge is -2.12. The van der Waals surface area contributed by atoms with Gasteiger partial charge in [0, 0.05) is 13.1 Å². The van der Waals surface area contributed by atoms with Crippen molar-refractivity contribution in [3.63, 3.8) is 0 Å². The summed E-state index contributed by atoms with van der Waals surface area (Å²) in [7, 11) is 1.98. The minimum atomic E-state index is 0.571. The SMILES string of the molecule is CCNC(C)CCc1c(Br)cnn1C. The predicted octanol–water partition coefficient (Wildman–Crippen LogP) is 2.11. The van der Waals surface area contributed by atoms with Crippen molar-refractivity contribution >= 4 is 15.9 Å². The van der Waals surface area contributed by atoms with Gasteiger partial charge in [0.1, 0.15) is 0 Å². The van der Waals surface area contributed by atoms with Crippen molar-refractivity contribution in [1.29, 1.82) is 0 Å². The van der Waals surface area contributed by atoms with Crippen LogP contribution in [0.25, 0.3) is 0 Å². The van der Waals surface area contributed by atoms with Crippen molar-refractivity contribution < 1.29 is 0 Å². The van der Waals surface area contributed by atoms with Crippen LogP contribution in [0, 0.1) is 0 Å². The molecule has 0 aliphatic carbocycles. The second-order valence-electron chi connectivity index (χ2n) is 3.56. The third-order valence-electron chi connectivity index (χ3n) is 2.38. The van der Waals surface area contributed by atoms with E-state index in [1.807, 2.05) is 17.9 Å². The van der Waals surface area contributed by atoms with Gasteiger partial charge in [0.15, 0.2) is 0 Å². The van der Waals surface area contributed by atoms with E-state index in [0.717, 1.165) is 23.9 Å². The van der Waals surface area contributed by atoms with Crippen molar-refractivity contribution in [2.75, 3.05) is 6.54 Å². The summed E-state index contributed by atoms with van der Waals surface area (Å²) in [6, 6.07) is 0.571. The summed E-state index contributed by atoms with van der Waals surface area (Å²) in [6.07, 6.45) is 4.06. The van der Waals surface area contributed by atoms with Gasteiger partial charge in [0.05, 0.1) is 16.4 Å². The van der Waals surface area contributed by atoms with Crippen molar-refractivity contribution in [1.82, 2.24) is 15.1 Å². The Bertz CT molecular complexity index is 263. The molecule has 0 aliphatic rings. The number of nitrogens with zero attached hydrogens (tertiary/aromatic N) is 2. The van der Waals surface area contributed by atoms with Crippen LogP contribution in [0.5, 0.6) is 0 Å². The highest BCUT2D eigenvalue weighted by Crippen LogP contribution is 2.17. The van der Waals surface area contributed by atoms with E-state index in [1.165, 1.54) is 5.69 Å². The van der Waals surface area contributed by atoms with Crippen LogP contribution in [0.1, 0.15) is 26.0 Å². The van der Waals surface area contributed by atoms with E-state index in [4.69, 9.17) is 0 Å². The molecule has 0 aliphatic heterocycles. The van der Waals surface area contributed by atoms with Crippen LogP contribution in [0.3, 0.4) is 0 Å². The second kappa shape index (κ2) is 5.51. The molecule has 3 nitrogen and oxygen atoms in total. The van der Waals surface area contributed by atoms with Crippen LogP contribution in [0.4, 0.5) is 0 Å². The minimum absolute atomic E-state index is 0.571. The number of nitrogens with one attached hydrogen (secondary N) is 1. The van der Waals surface area contributed by atoms with Crippen LogP contribution < -0.4 is 5.32 Å². The Morgan fingerprint density at radius 2 is 2.36 bits per heavy atom. The summed E-state index contributed by atoms with van der Waals surface area (Å²) in [6.45, 7) is 5.39. The molecule has 14 heavy (non-hydrogen) atoms. The highest BCUT2D eigenvalue weighted by Gasteiger charge is 2.07. The molecule has 1 N–H and O–H groups in total. The summed E-state index contributed by atoms with van der Waals surface area (Å²) in [5.74, 6) is 0. The zero-order valence-electron chi connectivity index (χ0n) is 9.05. The van der Waals surface area contributed by atoms with E-state index in [1.54, 1.807) is 0 Å². The first-order valence-electron chi connectivity index (χ1n) is 5.05. The van der Waals surface area contributed by atoms with Gasteiger partial charge in [-0.15, -0.1) is 0 Å². The van der Waals surface area contributed by atoms with Crippen LogP contribution in [-0.4, -0.2) is 22.4 Å². The lowest BCUT2D eigenvalue weighted by molar-refractivity contribution is 0.520. The first kappa shape index (κ1) is 11.7. The van der Waals surface area contributed by atoms with Gasteiger partial charge in [0.2, 0.25) is 0 Å². The number of aryl methyl sites for hydroxylation is 1. The topological polar surface area (TPSA) is 29.9 Å². The Morgan fingerprint density at radius 1 is 1.64 bits per heavy atom. The first-order chi connectivity index (χ1) is 6.65. The van der Waals surface area contributed by atoms with E-state index < -0.39 is 0 Å². The van der Waals surface area contributed by atoms with Gasteiger partial charge < -0.3 is 5.32 Å². The number of halogens is 1. The Morgan fingerprint density at radius 3 is 2.86 bits per heavy atom. The Labute approximate surface area is 94.0 Å². The Kier molecular flexibility index (Phi) is 4.62. The van der Waals surface area contributed by atoms with E-state index >= 15 is 0 Å². The molecule has 0 saturated carbocycles. The minimum Gasteiger partial charge on any atom is -0.315 e. The molecule has 0 saturated heterocycles. The molecule has 1 aromatic rings. The van der Waals surface area contributed by atoms with Crippen molar-refractivity contribution in [2.24, 2.45) is 7.05 Å². The Balaban J connectivity index is 2.45. The zero-order valence-corrected chi connectivity index (χ0v) is 10.6. The average molecular weight is 260 g/mol. The molecule has 4 heteroatoms. The molecule has 0 aromatic carbocycles. The normalized spacial score (nSPS) is 13.1. The van der Waals surface area contributed by atoms with Crippen molar-refractivity contribution in [3.05, 3.63) is 16.4 Å². The standard InChI is InChI=1S/C10H18BrN3/c1-4-12-8(2)5-6-10-9(11)7-13-14(10)3/h7-8,12H,4-6H2,1-3H3. The first-order valence-corrected chi connectivity index (χ1v) is 5.84. The van der Waals surface area contributed by atoms with Gasteiger partial charge in [-0.05, 0) is 42.2 Å². The zero-order chi connectivity index (χ0) is 10.6. The summed E-state index contributed by atoms with van der Waals surface area (Å²) < 4.78 is 3.05. The fourth-order valence-corrected chi connectivity index (χ4v) is 2.07. The molecular formula is C10H18BrN3. The van der Waals surface area contributed by atoms with Crippen LogP contribution in [-0.2, 0) is 13.5 Å². The molecular weight excluding hydrogens is 242 g/mol. The summed E-state index contributed by atoms with van der Waals surface area (Å²) in [4.78, 5) is 0. The van der Waals surface area contributed by atoms with Gasteiger partial charge in [-0.3, -0.25) is 4.68 Å². The van der Waals surface area contributed by atoms with E-state index in [2.05, 4.69) is 40.2 Å². The van der Waals surface area contributed by atoms with Gasteiger partial charge >= 0.3 is 0 Å². The quantitative estimate of drug-likeness (QED) is 0.878. The van der Waals surface area contributed by atoms with Crippen molar-refractivity contribution in [2.45, 2.75) is 32.7 Å². The number of rotatable bonds is 5. The lowest BCUT2D eigenvalue weighted by atomic mass is 10.1. The van der Waals surface area contributed by atoms with E-state index in [-0.39, 0.29) is 0 Å². The molecule has 80 valence electrons. The molecule has 1 aromatic heterocycles. The van der Waals surface area contributed by atoms with Gasteiger partial charge in [-0.1, -0.05) is 6.92 Å². The lowest BCUT2D eigenvalue weighted by Crippen LogP contribution is -2.26. The summed E-state index contributed by atoms with van der Waals surface area (Å²) >= 11 is 3.50. The number of aromatic nitrogens is 2. The monoisotopic (exact) mass is 259 g/mol. The fraction of sp³-hybridized carbons (Fsp3) is 0.700. The molecule has 1 unspecified atom stereocenters. The van der Waals surface area contributed by atoms with E-state index in [0.29, 0.717) is 6.04 Å². The molecule has 0 fully saturated rings. The van der Waals surface area contributed by atoms with Gasteiger partial charge in [0.25, 0.3) is 0 Å². The van der Waals surface area contributed by atoms with E-state index in [9.17, 15) is 0 Å². The molecule has 0 amide bonds. The van der Waals surface area contributed by atoms with Gasteiger partial charge in [-0.2, -0.15) is 5.10 Å². The third-order valence-corrected chi connectivity index (χ3v) is 3.04. The largest absolute Gasteiger partial charge is 0.315 e. The average Bonchev–Trinajstić information content (AvgIpc) is 2.44. The highest BCUT2D eigenvalue weighted by molar-refractivity contribution is 9.10. The molecule has 0 radical (unpaired) electrons. The maximum Gasteiger partial charge on any atom is 0.0635 e. The predicted molar refractivity (Wildman–Crippen MR) is 62.4 cm³/mol. The fourth-order valence-electron chi connectivity index (χ4n) is 1.52. The number of hydrogen-bond acceptors (Lipinski definition) is 2. The highest BCUT2D eigenvalue weighted by atomic mass is 79.9. The second-order valence-corrected chi connectivity index (χ2v) is 4.41. The summed E-state index contributed by atoms with van der Waals surface area (Å²) in [5, 5.41) is 7.59. The molecule has 0 spiro atoms. The van der Waals surface area contributed by atoms with Crippen molar-refractivity contribution in [3.8, 4) is 0 Å². The molecule has 0 bridgehead atoms. The Hall–Kier alpha value is -0.350. The van der Waals surface area contributed by atoms with Crippen LogP contribution in [0.15, 0.2) is 10.7 Å². The molecule has 1 atom stereocenters. The molecule has 1 heterocycles. The van der Waals surface area contributed by atoms with Crippen LogP contribution >= 0.6 is 15.9 Å². The van der Waals surface area contributed by atoms with Gasteiger partial charge in [-0.25, -0.2) is 0 Å². The maximum atomic E-state index is 4.19. The summed E-state index contributed by atoms with van der Waals surface area (Å²) in [5.41, 5.74) is 1.27. The van der Waals surface area contributed by atoms with Crippen LogP contribution in [0.2, 0.25) is 0 Å². The smallest absolute Gasteiger partial charge is 0.0635 e. The third kappa shape index (κ3) is 3.10.